The molecule has 0 aliphatic carbocycles. The molecule has 2 N–H and O–H groups in total. The normalized spacial score (nSPS) is 17.7. The molecule has 0 radical (unpaired) electrons. The predicted molar refractivity (Wildman–Crippen MR) is 82.2 cm³/mol. The van der Waals surface area contributed by atoms with Crippen LogP contribution in [0.5, 0.6) is 0 Å². The third-order valence-corrected chi connectivity index (χ3v) is 4.01. The number of carbonyl (C=O) groups is 1. The molecule has 1 aliphatic heterocycles. The summed E-state index contributed by atoms with van der Waals surface area (Å²) in [6.45, 7) is 3.51. The summed E-state index contributed by atoms with van der Waals surface area (Å²) in [6, 6.07) is 6.58. The maximum absolute atomic E-state index is 13.0. The number of aryl methyl sites for hydroxylation is 1. The van der Waals surface area contributed by atoms with E-state index in [1.165, 1.54) is 12.1 Å². The van der Waals surface area contributed by atoms with Crippen molar-refractivity contribution in [3.05, 3.63) is 47.8 Å². The van der Waals surface area contributed by atoms with Crippen LogP contribution in [0.15, 0.2) is 30.6 Å². The molecule has 0 saturated carbocycles. The maximum Gasteiger partial charge on any atom is 0.226 e. The second-order valence-corrected chi connectivity index (χ2v) is 5.63. The summed E-state index contributed by atoms with van der Waals surface area (Å²) in [4.78, 5) is 21.3. The van der Waals surface area contributed by atoms with Gasteiger partial charge in [0.25, 0.3) is 0 Å². The number of nitrogens with zero attached hydrogens (tertiary/aromatic N) is 2. The van der Waals surface area contributed by atoms with Gasteiger partial charge in [-0.2, -0.15) is 0 Å². The Hall–Kier alpha value is -2.37. The van der Waals surface area contributed by atoms with Crippen LogP contribution in [-0.2, 0) is 11.2 Å². The standard InChI is InChI=1S/C16H19FN4O/c1-11-15(19-10-18-11)8-16(22)20-13-6-7-21(9-13)14-4-2-12(17)3-5-14/h2-5,10,13H,6-9H2,1H3,(H,18,19)(H,20,22). The van der Waals surface area contributed by atoms with Crippen molar-refractivity contribution in [2.45, 2.75) is 25.8 Å². The van der Waals surface area contributed by atoms with E-state index in [0.29, 0.717) is 6.42 Å². The average Bonchev–Trinajstić information content (AvgIpc) is 3.10. The van der Waals surface area contributed by atoms with Crippen molar-refractivity contribution in [1.82, 2.24) is 15.3 Å². The number of benzene rings is 1. The van der Waals surface area contributed by atoms with Crippen molar-refractivity contribution < 1.29 is 9.18 Å². The van der Waals surface area contributed by atoms with Crippen LogP contribution in [0.1, 0.15) is 17.8 Å². The molecule has 2 aromatic rings. The van der Waals surface area contributed by atoms with E-state index in [1.54, 1.807) is 18.5 Å². The van der Waals surface area contributed by atoms with E-state index in [2.05, 4.69) is 20.2 Å². The molecular weight excluding hydrogens is 283 g/mol. The second kappa shape index (κ2) is 6.17. The second-order valence-electron chi connectivity index (χ2n) is 5.63. The third-order valence-electron chi connectivity index (χ3n) is 4.01. The van der Waals surface area contributed by atoms with Crippen molar-refractivity contribution >= 4 is 11.6 Å². The Balaban J connectivity index is 1.53. The number of carbonyl (C=O) groups excluding carboxylic acids is 1. The molecule has 1 saturated heterocycles. The van der Waals surface area contributed by atoms with Gasteiger partial charge in [-0.05, 0) is 37.6 Å². The smallest absolute Gasteiger partial charge is 0.226 e. The number of imidazole rings is 1. The molecular formula is C16H19FN4O. The van der Waals surface area contributed by atoms with E-state index in [-0.39, 0.29) is 17.8 Å². The van der Waals surface area contributed by atoms with Crippen LogP contribution < -0.4 is 10.2 Å². The first-order valence-corrected chi connectivity index (χ1v) is 7.40. The molecule has 2 heterocycles. The summed E-state index contributed by atoms with van der Waals surface area (Å²) >= 11 is 0. The number of hydrogen-bond acceptors (Lipinski definition) is 3. The van der Waals surface area contributed by atoms with Gasteiger partial charge < -0.3 is 15.2 Å². The average molecular weight is 302 g/mol. The molecule has 0 bridgehead atoms. The van der Waals surface area contributed by atoms with Crippen LogP contribution in [0.3, 0.4) is 0 Å². The molecule has 6 heteroatoms. The molecule has 1 aliphatic rings. The van der Waals surface area contributed by atoms with E-state index >= 15 is 0 Å². The lowest BCUT2D eigenvalue weighted by atomic mass is 10.2. The zero-order chi connectivity index (χ0) is 15.5. The van der Waals surface area contributed by atoms with Crippen molar-refractivity contribution in [2.24, 2.45) is 0 Å². The van der Waals surface area contributed by atoms with Crippen molar-refractivity contribution in [1.29, 1.82) is 0 Å². The van der Waals surface area contributed by atoms with Gasteiger partial charge in [-0.1, -0.05) is 0 Å². The number of aromatic amines is 1. The fraction of sp³-hybridized carbons (Fsp3) is 0.375. The number of nitrogens with one attached hydrogen (secondary N) is 2. The van der Waals surface area contributed by atoms with Gasteiger partial charge in [-0.25, -0.2) is 9.37 Å². The maximum atomic E-state index is 13.0. The first-order valence-electron chi connectivity index (χ1n) is 7.40. The molecule has 1 aromatic carbocycles. The largest absolute Gasteiger partial charge is 0.369 e. The van der Waals surface area contributed by atoms with E-state index in [0.717, 1.165) is 36.6 Å². The third kappa shape index (κ3) is 3.27. The Bertz CT molecular complexity index is 652. The lowest BCUT2D eigenvalue weighted by molar-refractivity contribution is -0.121. The number of rotatable bonds is 4. The molecule has 1 amide bonds. The number of anilines is 1. The van der Waals surface area contributed by atoms with Crippen LogP contribution in [0.4, 0.5) is 10.1 Å². The molecule has 5 nitrogen and oxygen atoms in total. The summed E-state index contributed by atoms with van der Waals surface area (Å²) in [7, 11) is 0. The Morgan fingerprint density at radius 1 is 1.45 bits per heavy atom. The Morgan fingerprint density at radius 2 is 2.23 bits per heavy atom. The number of amides is 1. The molecule has 1 unspecified atom stereocenters. The van der Waals surface area contributed by atoms with Gasteiger partial charge >= 0.3 is 0 Å². The van der Waals surface area contributed by atoms with Gasteiger partial charge in [0.2, 0.25) is 5.91 Å². The highest BCUT2D eigenvalue weighted by Gasteiger charge is 2.24. The fourth-order valence-corrected chi connectivity index (χ4v) is 2.76. The van der Waals surface area contributed by atoms with Gasteiger partial charge in [0.1, 0.15) is 5.82 Å². The monoisotopic (exact) mass is 302 g/mol. The molecule has 22 heavy (non-hydrogen) atoms. The summed E-state index contributed by atoms with van der Waals surface area (Å²) in [6.07, 6.45) is 2.79. The zero-order valence-electron chi connectivity index (χ0n) is 12.5. The molecule has 1 atom stereocenters. The fourth-order valence-electron chi connectivity index (χ4n) is 2.76. The lowest BCUT2D eigenvalue weighted by Gasteiger charge is -2.19. The molecule has 1 fully saturated rings. The van der Waals surface area contributed by atoms with Crippen LogP contribution >= 0.6 is 0 Å². The Kier molecular flexibility index (Phi) is 4.09. The highest BCUT2D eigenvalue weighted by Crippen LogP contribution is 2.20. The lowest BCUT2D eigenvalue weighted by Crippen LogP contribution is -2.38. The summed E-state index contributed by atoms with van der Waals surface area (Å²) < 4.78 is 13.0. The van der Waals surface area contributed by atoms with Crippen molar-refractivity contribution in [2.75, 3.05) is 18.0 Å². The predicted octanol–water partition coefficient (Wildman–Crippen LogP) is 1.79. The number of hydrogen-bond donors (Lipinski definition) is 2. The van der Waals surface area contributed by atoms with Crippen LogP contribution in [0, 0.1) is 12.7 Å². The Morgan fingerprint density at radius 3 is 2.91 bits per heavy atom. The molecule has 116 valence electrons. The summed E-state index contributed by atoms with van der Waals surface area (Å²) in [5, 5.41) is 3.05. The van der Waals surface area contributed by atoms with Crippen molar-refractivity contribution in [3.8, 4) is 0 Å². The number of aromatic nitrogens is 2. The highest BCUT2D eigenvalue weighted by atomic mass is 19.1. The first kappa shape index (κ1) is 14.6. The summed E-state index contributed by atoms with van der Waals surface area (Å²) in [5.41, 5.74) is 2.70. The van der Waals surface area contributed by atoms with E-state index in [4.69, 9.17) is 0 Å². The topological polar surface area (TPSA) is 61.0 Å². The van der Waals surface area contributed by atoms with Crippen LogP contribution in [0.2, 0.25) is 0 Å². The minimum absolute atomic E-state index is 0.0128. The quantitative estimate of drug-likeness (QED) is 0.905. The minimum atomic E-state index is -0.234. The number of H-pyrrole nitrogens is 1. The first-order chi connectivity index (χ1) is 10.6. The summed E-state index contributed by atoms with van der Waals surface area (Å²) in [5.74, 6) is -0.247. The minimum Gasteiger partial charge on any atom is -0.369 e. The van der Waals surface area contributed by atoms with Gasteiger partial charge in [0.05, 0.1) is 18.4 Å². The number of halogens is 1. The molecule has 1 aromatic heterocycles. The van der Waals surface area contributed by atoms with Crippen LogP contribution in [-0.4, -0.2) is 35.0 Å². The van der Waals surface area contributed by atoms with Gasteiger partial charge in [0, 0.05) is 30.5 Å². The highest BCUT2D eigenvalue weighted by molar-refractivity contribution is 5.78. The van der Waals surface area contributed by atoms with E-state index in [9.17, 15) is 9.18 Å². The SMILES string of the molecule is Cc1[nH]cnc1CC(=O)NC1CCN(c2ccc(F)cc2)C1. The van der Waals surface area contributed by atoms with Gasteiger partial charge in [0.15, 0.2) is 0 Å². The van der Waals surface area contributed by atoms with Gasteiger partial charge in [-0.15, -0.1) is 0 Å². The molecule has 0 spiro atoms. The van der Waals surface area contributed by atoms with Crippen LogP contribution in [0.25, 0.3) is 0 Å². The van der Waals surface area contributed by atoms with E-state index in [1.807, 2.05) is 6.92 Å². The van der Waals surface area contributed by atoms with E-state index < -0.39 is 0 Å². The molecule has 3 rings (SSSR count). The Labute approximate surface area is 128 Å². The zero-order valence-corrected chi connectivity index (χ0v) is 12.5. The van der Waals surface area contributed by atoms with Crippen molar-refractivity contribution in [3.63, 3.8) is 0 Å². The van der Waals surface area contributed by atoms with Gasteiger partial charge in [-0.3, -0.25) is 4.79 Å².